The minimum Gasteiger partial charge on any atom is -0.475 e. The molecule has 1 rings (SSSR count). The first kappa shape index (κ1) is 6.47. The molecule has 0 aliphatic heterocycles. The monoisotopic (exact) mass is 140 g/mol. The second-order valence-corrected chi connectivity index (χ2v) is 1.60. The fraction of sp³-hybridized carbons (Fsp3) is 0. The molecule has 2 N–H and O–H groups in total. The maximum Gasteiger partial charge on any atom is 0.371 e. The lowest BCUT2D eigenvalue weighted by Crippen LogP contribution is -1.98. The summed E-state index contributed by atoms with van der Waals surface area (Å²) < 4.78 is 0. The molecule has 0 fully saturated rings. The van der Waals surface area contributed by atoms with Crippen LogP contribution < -0.4 is 0 Å². The van der Waals surface area contributed by atoms with Gasteiger partial charge in [-0.25, -0.2) is 9.78 Å². The number of aldehydes is 1. The molecule has 0 atom stereocenters. The summed E-state index contributed by atoms with van der Waals surface area (Å²) in [4.78, 5) is 25.8. The Labute approximate surface area is 55.7 Å². The van der Waals surface area contributed by atoms with Gasteiger partial charge in [-0.3, -0.25) is 4.79 Å². The van der Waals surface area contributed by atoms with Gasteiger partial charge < -0.3 is 10.1 Å². The number of carboxylic acid groups (broad SMARTS) is 1. The van der Waals surface area contributed by atoms with E-state index >= 15 is 0 Å². The van der Waals surface area contributed by atoms with Crippen LogP contribution in [0.2, 0.25) is 0 Å². The number of nitrogens with zero attached hydrogens (tertiary/aromatic N) is 1. The summed E-state index contributed by atoms with van der Waals surface area (Å²) in [6, 6.07) is 0. The van der Waals surface area contributed by atoms with Gasteiger partial charge in [-0.2, -0.15) is 0 Å². The highest BCUT2D eigenvalue weighted by atomic mass is 16.4. The summed E-state index contributed by atoms with van der Waals surface area (Å²) >= 11 is 0. The quantitative estimate of drug-likeness (QED) is 0.563. The standard InChI is InChI=1S/C5H4N2O3/c8-2-3-1-6-4(7-3)5(9)10/h1-2H,(H,6,7)(H,9,10). The molecule has 0 aromatic carbocycles. The Balaban J connectivity index is 2.98. The predicted molar refractivity (Wildman–Crippen MR) is 30.9 cm³/mol. The summed E-state index contributed by atoms with van der Waals surface area (Å²) in [5.74, 6) is -1.39. The van der Waals surface area contributed by atoms with Crippen LogP contribution in [-0.2, 0) is 0 Å². The third kappa shape index (κ3) is 1.02. The number of aromatic carboxylic acids is 1. The van der Waals surface area contributed by atoms with Gasteiger partial charge in [0.2, 0.25) is 5.82 Å². The average molecular weight is 140 g/mol. The average Bonchev–Trinajstić information content (AvgIpc) is 2.34. The first-order chi connectivity index (χ1) is 4.74. The fourth-order valence-electron chi connectivity index (χ4n) is 0.506. The molecule has 0 spiro atoms. The van der Waals surface area contributed by atoms with Gasteiger partial charge in [0.15, 0.2) is 6.29 Å². The van der Waals surface area contributed by atoms with Gasteiger partial charge >= 0.3 is 5.97 Å². The fourth-order valence-corrected chi connectivity index (χ4v) is 0.506. The van der Waals surface area contributed by atoms with Crippen LogP contribution in [-0.4, -0.2) is 27.3 Å². The third-order valence-electron chi connectivity index (χ3n) is 0.921. The lowest BCUT2D eigenvalue weighted by Gasteiger charge is -1.79. The maximum atomic E-state index is 10.1. The van der Waals surface area contributed by atoms with Crippen LogP contribution in [0.15, 0.2) is 6.20 Å². The summed E-state index contributed by atoms with van der Waals surface area (Å²) in [5, 5.41) is 8.28. The molecule has 1 aromatic heterocycles. The molecule has 0 radical (unpaired) electrons. The zero-order chi connectivity index (χ0) is 7.56. The van der Waals surface area contributed by atoms with Crippen molar-refractivity contribution in [1.29, 1.82) is 0 Å². The van der Waals surface area contributed by atoms with Crippen LogP contribution in [0.5, 0.6) is 0 Å². The third-order valence-corrected chi connectivity index (χ3v) is 0.921. The molecule has 1 aromatic rings. The van der Waals surface area contributed by atoms with E-state index in [0.717, 1.165) is 0 Å². The van der Waals surface area contributed by atoms with Gasteiger partial charge in [-0.15, -0.1) is 0 Å². The maximum absolute atomic E-state index is 10.1. The molecule has 0 saturated carbocycles. The SMILES string of the molecule is O=Cc1c[nH]c(C(=O)O)n1. The van der Waals surface area contributed by atoms with Gasteiger partial charge in [-0.05, 0) is 0 Å². The Morgan fingerprint density at radius 3 is 2.80 bits per heavy atom. The molecule has 1 heterocycles. The molecule has 52 valence electrons. The van der Waals surface area contributed by atoms with Crippen LogP contribution >= 0.6 is 0 Å². The molecule has 10 heavy (non-hydrogen) atoms. The highest BCUT2D eigenvalue weighted by Crippen LogP contribution is 1.92. The number of nitrogens with one attached hydrogen (secondary N) is 1. The number of imidazole rings is 1. The summed E-state index contributed by atoms with van der Waals surface area (Å²) in [5.41, 5.74) is 0.0948. The molecule has 0 saturated heterocycles. The summed E-state index contributed by atoms with van der Waals surface area (Å²) in [6.07, 6.45) is 1.71. The van der Waals surface area contributed by atoms with Gasteiger partial charge in [0, 0.05) is 6.20 Å². The van der Waals surface area contributed by atoms with E-state index in [1.54, 1.807) is 0 Å². The van der Waals surface area contributed by atoms with Crippen molar-refractivity contribution in [2.24, 2.45) is 0 Å². The molecular weight excluding hydrogens is 136 g/mol. The van der Waals surface area contributed by atoms with Gasteiger partial charge in [-0.1, -0.05) is 0 Å². The van der Waals surface area contributed by atoms with Crippen LogP contribution in [0.1, 0.15) is 21.1 Å². The number of carbonyl (C=O) groups is 2. The topological polar surface area (TPSA) is 83.0 Å². The smallest absolute Gasteiger partial charge is 0.371 e. The second kappa shape index (κ2) is 2.30. The summed E-state index contributed by atoms with van der Waals surface area (Å²) in [6.45, 7) is 0. The normalized spacial score (nSPS) is 9.20. The molecule has 0 aliphatic carbocycles. The van der Waals surface area contributed by atoms with E-state index in [9.17, 15) is 9.59 Å². The van der Waals surface area contributed by atoms with E-state index in [1.165, 1.54) is 6.20 Å². The van der Waals surface area contributed by atoms with Crippen molar-refractivity contribution >= 4 is 12.3 Å². The number of hydrogen-bond donors (Lipinski definition) is 2. The van der Waals surface area contributed by atoms with Crippen molar-refractivity contribution in [3.05, 3.63) is 17.7 Å². The van der Waals surface area contributed by atoms with Crippen molar-refractivity contribution in [3.8, 4) is 0 Å². The summed E-state index contributed by atoms with van der Waals surface area (Å²) in [7, 11) is 0. The zero-order valence-electron chi connectivity index (χ0n) is 4.87. The van der Waals surface area contributed by atoms with E-state index in [-0.39, 0.29) is 11.5 Å². The molecule has 0 unspecified atom stereocenters. The predicted octanol–water partition coefficient (Wildman–Crippen LogP) is -0.0796. The van der Waals surface area contributed by atoms with Crippen molar-refractivity contribution in [2.75, 3.05) is 0 Å². The largest absolute Gasteiger partial charge is 0.475 e. The minimum atomic E-state index is -1.17. The van der Waals surface area contributed by atoms with Crippen molar-refractivity contribution in [3.63, 3.8) is 0 Å². The number of hydrogen-bond acceptors (Lipinski definition) is 3. The first-order valence-corrected chi connectivity index (χ1v) is 2.48. The zero-order valence-corrected chi connectivity index (χ0v) is 4.87. The lowest BCUT2D eigenvalue weighted by atomic mass is 10.5. The Morgan fingerprint density at radius 2 is 2.50 bits per heavy atom. The van der Waals surface area contributed by atoms with Crippen molar-refractivity contribution in [2.45, 2.75) is 0 Å². The number of carboxylic acids is 1. The highest BCUT2D eigenvalue weighted by Gasteiger charge is 2.06. The van der Waals surface area contributed by atoms with Crippen LogP contribution in [0.4, 0.5) is 0 Å². The Kier molecular flexibility index (Phi) is 1.49. The first-order valence-electron chi connectivity index (χ1n) is 2.48. The Morgan fingerprint density at radius 1 is 1.80 bits per heavy atom. The van der Waals surface area contributed by atoms with Crippen LogP contribution in [0.3, 0.4) is 0 Å². The van der Waals surface area contributed by atoms with Crippen LogP contribution in [0, 0.1) is 0 Å². The number of aromatic nitrogens is 2. The van der Waals surface area contributed by atoms with E-state index in [1.807, 2.05) is 0 Å². The van der Waals surface area contributed by atoms with Crippen molar-refractivity contribution in [1.82, 2.24) is 9.97 Å². The molecule has 5 heteroatoms. The molecule has 0 amide bonds. The lowest BCUT2D eigenvalue weighted by molar-refractivity contribution is 0.0685. The number of carbonyl (C=O) groups excluding carboxylic acids is 1. The number of H-pyrrole nitrogens is 1. The minimum absolute atomic E-state index is 0.0948. The number of aromatic amines is 1. The molecular formula is C5H4N2O3. The Bertz CT molecular complexity index is 266. The van der Waals surface area contributed by atoms with Crippen LogP contribution in [0.25, 0.3) is 0 Å². The second-order valence-electron chi connectivity index (χ2n) is 1.60. The van der Waals surface area contributed by atoms with E-state index in [0.29, 0.717) is 6.29 Å². The molecule has 0 bridgehead atoms. The Hall–Kier alpha value is -1.65. The van der Waals surface area contributed by atoms with Gasteiger partial charge in [0.25, 0.3) is 0 Å². The van der Waals surface area contributed by atoms with E-state index < -0.39 is 5.97 Å². The van der Waals surface area contributed by atoms with Gasteiger partial charge in [0.1, 0.15) is 5.69 Å². The molecule has 0 aliphatic rings. The van der Waals surface area contributed by atoms with Gasteiger partial charge in [0.05, 0.1) is 0 Å². The van der Waals surface area contributed by atoms with E-state index in [2.05, 4.69) is 9.97 Å². The number of rotatable bonds is 2. The van der Waals surface area contributed by atoms with E-state index in [4.69, 9.17) is 5.11 Å². The molecule has 5 nitrogen and oxygen atoms in total. The van der Waals surface area contributed by atoms with Crippen molar-refractivity contribution < 1.29 is 14.7 Å². The highest BCUT2D eigenvalue weighted by molar-refractivity contribution is 5.84.